The van der Waals surface area contributed by atoms with Crippen LogP contribution in [0.1, 0.15) is 0 Å². The number of aromatic nitrogens is 1. The van der Waals surface area contributed by atoms with Gasteiger partial charge in [0.2, 0.25) is 0 Å². The van der Waals surface area contributed by atoms with Gasteiger partial charge in [0, 0.05) is 12.4 Å². The first-order valence-electron chi connectivity index (χ1n) is 2.99. The van der Waals surface area contributed by atoms with Crippen LogP contribution in [0.4, 0.5) is 5.69 Å². The second-order valence-corrected chi connectivity index (χ2v) is 1.94. The van der Waals surface area contributed by atoms with Crippen molar-refractivity contribution in [1.29, 1.82) is 0 Å². The summed E-state index contributed by atoms with van der Waals surface area (Å²) in [5.41, 5.74) is 0.956. The van der Waals surface area contributed by atoms with Crippen molar-refractivity contribution in [2.75, 3.05) is 5.32 Å². The van der Waals surface area contributed by atoms with Crippen LogP contribution in [0.5, 0.6) is 5.75 Å². The van der Waals surface area contributed by atoms with E-state index < -0.39 is 0 Å². The minimum absolute atomic E-state index is 0.769. The lowest BCUT2D eigenvalue weighted by atomic mass is 10.3. The summed E-state index contributed by atoms with van der Waals surface area (Å²) in [5.74, 6) is 0.769. The maximum absolute atomic E-state index is 5.12. The third-order valence-corrected chi connectivity index (χ3v) is 1.29. The Hall–Kier alpha value is -1.51. The number of ether oxygens (including phenoxy) is 1. The van der Waals surface area contributed by atoms with E-state index in [1.165, 1.54) is 0 Å². The van der Waals surface area contributed by atoms with E-state index in [0.717, 1.165) is 11.4 Å². The molecule has 1 aromatic heterocycles. The summed E-state index contributed by atoms with van der Waals surface area (Å²) in [6, 6.07) is 1.86. The van der Waals surface area contributed by atoms with E-state index in [0.29, 0.717) is 0 Å². The molecule has 0 bridgehead atoms. The van der Waals surface area contributed by atoms with Crippen molar-refractivity contribution < 1.29 is 4.74 Å². The quantitative estimate of drug-likeness (QED) is 0.581. The topological polar surface area (TPSA) is 34.1 Å². The minimum atomic E-state index is 0.769. The molecule has 1 aliphatic rings. The molecular weight excluding hydrogens is 128 g/mol. The van der Waals surface area contributed by atoms with E-state index in [9.17, 15) is 0 Å². The first-order valence-corrected chi connectivity index (χ1v) is 2.99. The molecule has 0 saturated carbocycles. The van der Waals surface area contributed by atoms with Crippen LogP contribution in [0.15, 0.2) is 30.9 Å². The molecule has 0 unspecified atom stereocenters. The Bertz CT molecular complexity index is 243. The zero-order chi connectivity index (χ0) is 6.81. The highest BCUT2D eigenvalue weighted by molar-refractivity contribution is 5.57. The van der Waals surface area contributed by atoms with E-state index in [4.69, 9.17) is 4.74 Å². The van der Waals surface area contributed by atoms with Crippen molar-refractivity contribution in [3.8, 4) is 5.75 Å². The monoisotopic (exact) mass is 134 g/mol. The van der Waals surface area contributed by atoms with E-state index in [2.05, 4.69) is 10.3 Å². The first-order chi connectivity index (χ1) is 4.97. The molecule has 1 aliphatic heterocycles. The van der Waals surface area contributed by atoms with Gasteiger partial charge in [-0.15, -0.1) is 0 Å². The van der Waals surface area contributed by atoms with Crippen LogP contribution in [0.3, 0.4) is 0 Å². The number of pyridine rings is 1. The standard InChI is InChI=1S/C7H6N2O/c1-2-8-5-7-6(1)9-3-4-10-7/h1-5,9H. The molecule has 0 spiro atoms. The van der Waals surface area contributed by atoms with Gasteiger partial charge in [-0.2, -0.15) is 0 Å². The molecule has 0 saturated heterocycles. The van der Waals surface area contributed by atoms with E-state index >= 15 is 0 Å². The van der Waals surface area contributed by atoms with E-state index in [-0.39, 0.29) is 0 Å². The highest BCUT2D eigenvalue weighted by Crippen LogP contribution is 2.24. The largest absolute Gasteiger partial charge is 0.460 e. The molecule has 0 radical (unpaired) electrons. The highest BCUT2D eigenvalue weighted by Gasteiger charge is 2.02. The second kappa shape index (κ2) is 2.02. The molecule has 1 aromatic rings. The van der Waals surface area contributed by atoms with Crippen LogP contribution in [-0.4, -0.2) is 4.98 Å². The van der Waals surface area contributed by atoms with Gasteiger partial charge in [-0.3, -0.25) is 4.98 Å². The van der Waals surface area contributed by atoms with Gasteiger partial charge in [0.1, 0.15) is 6.26 Å². The molecule has 0 aromatic carbocycles. The van der Waals surface area contributed by atoms with Gasteiger partial charge in [-0.25, -0.2) is 0 Å². The third-order valence-electron chi connectivity index (χ3n) is 1.29. The summed E-state index contributed by atoms with van der Waals surface area (Å²) < 4.78 is 5.12. The molecule has 2 heterocycles. The number of hydrogen-bond acceptors (Lipinski definition) is 3. The summed E-state index contributed by atoms with van der Waals surface area (Å²) in [6.45, 7) is 0. The lowest BCUT2D eigenvalue weighted by Crippen LogP contribution is -1.98. The molecule has 3 nitrogen and oxygen atoms in total. The first kappa shape index (κ1) is 5.29. The molecule has 2 rings (SSSR count). The van der Waals surface area contributed by atoms with Crippen LogP contribution < -0.4 is 10.1 Å². The Morgan fingerprint density at radius 3 is 3.40 bits per heavy atom. The molecule has 0 fully saturated rings. The SMILES string of the molecule is C1=COc2cnccc2N1. The van der Waals surface area contributed by atoms with Crippen LogP contribution in [-0.2, 0) is 0 Å². The van der Waals surface area contributed by atoms with Gasteiger partial charge in [-0.1, -0.05) is 0 Å². The van der Waals surface area contributed by atoms with Crippen molar-refractivity contribution in [3.63, 3.8) is 0 Å². The fourth-order valence-corrected chi connectivity index (χ4v) is 0.824. The van der Waals surface area contributed by atoms with Crippen molar-refractivity contribution in [2.24, 2.45) is 0 Å². The maximum Gasteiger partial charge on any atom is 0.168 e. The van der Waals surface area contributed by atoms with Crippen molar-refractivity contribution >= 4 is 5.69 Å². The van der Waals surface area contributed by atoms with Crippen molar-refractivity contribution in [1.82, 2.24) is 4.98 Å². The van der Waals surface area contributed by atoms with E-state index in [1.54, 1.807) is 24.9 Å². The number of nitrogens with one attached hydrogen (secondary N) is 1. The average Bonchev–Trinajstić information content (AvgIpc) is 2.05. The number of hydrogen-bond donors (Lipinski definition) is 1. The Morgan fingerprint density at radius 2 is 2.50 bits per heavy atom. The summed E-state index contributed by atoms with van der Waals surface area (Å²) in [4.78, 5) is 3.90. The van der Waals surface area contributed by atoms with Crippen LogP contribution in [0, 0.1) is 0 Å². The predicted octanol–water partition coefficient (Wildman–Crippen LogP) is 1.36. The third kappa shape index (κ3) is 0.719. The van der Waals surface area contributed by atoms with E-state index in [1.807, 2.05) is 6.07 Å². The maximum atomic E-state index is 5.12. The van der Waals surface area contributed by atoms with Gasteiger partial charge in [0.05, 0.1) is 11.9 Å². The number of anilines is 1. The Balaban J connectivity index is 2.47. The average molecular weight is 134 g/mol. The number of fused-ring (bicyclic) bond motifs is 1. The zero-order valence-corrected chi connectivity index (χ0v) is 5.24. The summed E-state index contributed by atoms with van der Waals surface area (Å²) >= 11 is 0. The molecular formula is C7H6N2O. The Kier molecular flexibility index (Phi) is 1.07. The number of rotatable bonds is 0. The fraction of sp³-hybridized carbons (Fsp3) is 0. The molecule has 1 N–H and O–H groups in total. The van der Waals surface area contributed by atoms with Crippen molar-refractivity contribution in [2.45, 2.75) is 0 Å². The normalized spacial score (nSPS) is 13.2. The molecule has 50 valence electrons. The zero-order valence-electron chi connectivity index (χ0n) is 5.24. The molecule has 10 heavy (non-hydrogen) atoms. The lowest BCUT2D eigenvalue weighted by molar-refractivity contribution is 0.475. The van der Waals surface area contributed by atoms with Gasteiger partial charge in [-0.05, 0) is 6.07 Å². The smallest absolute Gasteiger partial charge is 0.168 e. The second-order valence-electron chi connectivity index (χ2n) is 1.94. The highest BCUT2D eigenvalue weighted by atomic mass is 16.5. The van der Waals surface area contributed by atoms with Crippen LogP contribution >= 0.6 is 0 Å². The van der Waals surface area contributed by atoms with Gasteiger partial charge < -0.3 is 10.1 Å². The van der Waals surface area contributed by atoms with Gasteiger partial charge in [0.15, 0.2) is 5.75 Å². The lowest BCUT2D eigenvalue weighted by Gasteiger charge is -2.10. The Labute approximate surface area is 58.3 Å². The molecule has 3 heteroatoms. The van der Waals surface area contributed by atoms with Gasteiger partial charge >= 0.3 is 0 Å². The molecule has 0 amide bonds. The Morgan fingerprint density at radius 1 is 1.50 bits per heavy atom. The number of nitrogens with zero attached hydrogens (tertiary/aromatic N) is 1. The minimum Gasteiger partial charge on any atom is -0.460 e. The van der Waals surface area contributed by atoms with Crippen LogP contribution in [0.2, 0.25) is 0 Å². The summed E-state index contributed by atoms with van der Waals surface area (Å²) in [6.07, 6.45) is 6.71. The summed E-state index contributed by atoms with van der Waals surface area (Å²) in [5, 5.41) is 3.02. The van der Waals surface area contributed by atoms with Crippen LogP contribution in [0.25, 0.3) is 0 Å². The molecule has 0 atom stereocenters. The van der Waals surface area contributed by atoms with Gasteiger partial charge in [0.25, 0.3) is 0 Å². The predicted molar refractivity (Wildman–Crippen MR) is 37.6 cm³/mol. The fourth-order valence-electron chi connectivity index (χ4n) is 0.824. The van der Waals surface area contributed by atoms with Crippen molar-refractivity contribution in [3.05, 3.63) is 30.9 Å². The summed E-state index contributed by atoms with van der Waals surface area (Å²) in [7, 11) is 0. The molecule has 0 aliphatic carbocycles.